The molecule has 2 N–H and O–H groups in total. The zero-order valence-corrected chi connectivity index (χ0v) is 12.2. The van der Waals surface area contributed by atoms with Gasteiger partial charge in [-0.1, -0.05) is 46.0 Å². The first-order valence-corrected chi connectivity index (χ1v) is 7.71. The van der Waals surface area contributed by atoms with E-state index >= 15 is 0 Å². The van der Waals surface area contributed by atoms with E-state index in [2.05, 4.69) is 24.5 Å². The molecule has 17 heavy (non-hydrogen) atoms. The highest BCUT2D eigenvalue weighted by molar-refractivity contribution is 7.80. The third-order valence-corrected chi connectivity index (χ3v) is 4.05. The van der Waals surface area contributed by atoms with Crippen LogP contribution in [0.3, 0.4) is 0 Å². The lowest BCUT2D eigenvalue weighted by atomic mass is 9.99. The molecular weight excluding hydrogens is 228 g/mol. The van der Waals surface area contributed by atoms with Crippen LogP contribution < -0.4 is 10.6 Å². The first-order chi connectivity index (χ1) is 8.26. The molecule has 0 spiro atoms. The highest BCUT2D eigenvalue weighted by Crippen LogP contribution is 2.17. The van der Waals surface area contributed by atoms with Crippen molar-refractivity contribution in [2.24, 2.45) is 5.92 Å². The summed E-state index contributed by atoms with van der Waals surface area (Å²) in [5.74, 6) is 0.776. The van der Waals surface area contributed by atoms with Crippen molar-refractivity contribution >= 4 is 17.3 Å². The largest absolute Gasteiger partial charge is 0.362 e. The molecule has 1 aliphatic carbocycles. The van der Waals surface area contributed by atoms with Crippen LogP contribution in [0.4, 0.5) is 0 Å². The Balaban J connectivity index is 2.12. The Kier molecular flexibility index (Phi) is 7.58. The van der Waals surface area contributed by atoms with Crippen LogP contribution in [0, 0.1) is 5.92 Å². The van der Waals surface area contributed by atoms with E-state index in [1.54, 1.807) is 0 Å². The standard InChI is InChI=1S/C14H28N2S/c1-3-5-8-12(4-2)11-15-14(17)16-13-9-6-7-10-13/h12-13H,3-11H2,1-2H3,(H2,15,16,17). The maximum absolute atomic E-state index is 5.35. The summed E-state index contributed by atoms with van der Waals surface area (Å²) in [5, 5.41) is 7.69. The Morgan fingerprint density at radius 2 is 2.00 bits per heavy atom. The summed E-state index contributed by atoms with van der Waals surface area (Å²) in [7, 11) is 0. The molecule has 0 aromatic heterocycles. The van der Waals surface area contributed by atoms with E-state index in [4.69, 9.17) is 12.2 Å². The summed E-state index contributed by atoms with van der Waals surface area (Å²) in [6, 6.07) is 0.630. The lowest BCUT2D eigenvalue weighted by Gasteiger charge is -2.19. The number of nitrogens with one attached hydrogen (secondary N) is 2. The van der Waals surface area contributed by atoms with Gasteiger partial charge in [-0.15, -0.1) is 0 Å². The normalized spacial score (nSPS) is 18.0. The van der Waals surface area contributed by atoms with E-state index in [0.29, 0.717) is 6.04 Å². The number of thiocarbonyl (C=S) groups is 1. The van der Waals surface area contributed by atoms with Crippen molar-refractivity contribution in [2.45, 2.75) is 71.3 Å². The number of hydrogen-bond acceptors (Lipinski definition) is 1. The fourth-order valence-corrected chi connectivity index (χ4v) is 2.74. The van der Waals surface area contributed by atoms with Gasteiger partial charge in [0.2, 0.25) is 0 Å². The minimum absolute atomic E-state index is 0.630. The number of hydrogen-bond donors (Lipinski definition) is 2. The Morgan fingerprint density at radius 3 is 2.59 bits per heavy atom. The van der Waals surface area contributed by atoms with Gasteiger partial charge >= 0.3 is 0 Å². The molecule has 1 aliphatic rings. The van der Waals surface area contributed by atoms with Crippen LogP contribution in [0.15, 0.2) is 0 Å². The summed E-state index contributed by atoms with van der Waals surface area (Å²) in [6.07, 6.45) is 10.5. The van der Waals surface area contributed by atoms with Gasteiger partial charge in [-0.2, -0.15) is 0 Å². The van der Waals surface area contributed by atoms with Gasteiger partial charge in [-0.05, 0) is 37.4 Å². The Bertz CT molecular complexity index is 212. The van der Waals surface area contributed by atoms with Crippen molar-refractivity contribution in [3.63, 3.8) is 0 Å². The smallest absolute Gasteiger partial charge is 0.166 e. The Labute approximate surface area is 112 Å². The molecule has 1 atom stereocenters. The van der Waals surface area contributed by atoms with Crippen LogP contribution in [-0.2, 0) is 0 Å². The van der Waals surface area contributed by atoms with Crippen LogP contribution in [0.2, 0.25) is 0 Å². The maximum Gasteiger partial charge on any atom is 0.166 e. The second-order valence-corrected chi connectivity index (χ2v) is 5.66. The molecule has 1 fully saturated rings. The summed E-state index contributed by atoms with van der Waals surface area (Å²) in [6.45, 7) is 5.57. The lowest BCUT2D eigenvalue weighted by Crippen LogP contribution is -2.42. The van der Waals surface area contributed by atoms with Gasteiger partial charge in [0.15, 0.2) is 5.11 Å². The van der Waals surface area contributed by atoms with Crippen molar-refractivity contribution in [1.29, 1.82) is 0 Å². The molecule has 0 saturated heterocycles. The summed E-state index contributed by atoms with van der Waals surface area (Å²) >= 11 is 5.35. The predicted octanol–water partition coefficient (Wildman–Crippen LogP) is 3.61. The topological polar surface area (TPSA) is 24.1 Å². The fourth-order valence-electron chi connectivity index (χ4n) is 2.49. The molecule has 1 rings (SSSR count). The zero-order valence-electron chi connectivity index (χ0n) is 11.4. The van der Waals surface area contributed by atoms with E-state index in [1.165, 1.54) is 51.4 Å². The molecule has 3 heteroatoms. The molecule has 0 bridgehead atoms. The van der Waals surface area contributed by atoms with E-state index in [9.17, 15) is 0 Å². The molecule has 1 unspecified atom stereocenters. The van der Waals surface area contributed by atoms with Gasteiger partial charge < -0.3 is 10.6 Å². The lowest BCUT2D eigenvalue weighted by molar-refractivity contribution is 0.443. The second-order valence-electron chi connectivity index (χ2n) is 5.25. The number of rotatable bonds is 7. The average molecular weight is 256 g/mol. The van der Waals surface area contributed by atoms with Gasteiger partial charge in [0.05, 0.1) is 0 Å². The molecule has 100 valence electrons. The predicted molar refractivity (Wildman–Crippen MR) is 79.3 cm³/mol. The molecule has 0 aromatic rings. The van der Waals surface area contributed by atoms with Crippen LogP contribution in [0.1, 0.15) is 65.2 Å². The first-order valence-electron chi connectivity index (χ1n) is 7.30. The quantitative estimate of drug-likeness (QED) is 0.681. The summed E-state index contributed by atoms with van der Waals surface area (Å²) in [5.41, 5.74) is 0. The van der Waals surface area contributed by atoms with E-state index in [-0.39, 0.29) is 0 Å². The van der Waals surface area contributed by atoms with Crippen LogP contribution in [0.25, 0.3) is 0 Å². The molecule has 2 nitrogen and oxygen atoms in total. The van der Waals surface area contributed by atoms with Crippen molar-refractivity contribution in [3.8, 4) is 0 Å². The third kappa shape index (κ3) is 6.25. The molecule has 0 heterocycles. The van der Waals surface area contributed by atoms with Gasteiger partial charge in [-0.3, -0.25) is 0 Å². The van der Waals surface area contributed by atoms with E-state index in [1.807, 2.05) is 0 Å². The van der Waals surface area contributed by atoms with Gasteiger partial charge in [0, 0.05) is 12.6 Å². The Morgan fingerprint density at radius 1 is 1.29 bits per heavy atom. The Hall–Kier alpha value is -0.310. The monoisotopic (exact) mass is 256 g/mol. The van der Waals surface area contributed by atoms with Gasteiger partial charge in [-0.25, -0.2) is 0 Å². The van der Waals surface area contributed by atoms with Crippen molar-refractivity contribution in [3.05, 3.63) is 0 Å². The van der Waals surface area contributed by atoms with E-state index < -0.39 is 0 Å². The van der Waals surface area contributed by atoms with Crippen LogP contribution in [-0.4, -0.2) is 17.7 Å². The zero-order chi connectivity index (χ0) is 12.5. The summed E-state index contributed by atoms with van der Waals surface area (Å²) in [4.78, 5) is 0. The molecule has 0 aliphatic heterocycles. The van der Waals surface area contributed by atoms with Crippen molar-refractivity contribution in [2.75, 3.05) is 6.54 Å². The highest BCUT2D eigenvalue weighted by Gasteiger charge is 2.15. The van der Waals surface area contributed by atoms with Crippen LogP contribution in [0.5, 0.6) is 0 Å². The molecular formula is C14H28N2S. The molecule has 0 radical (unpaired) electrons. The maximum atomic E-state index is 5.35. The molecule has 0 amide bonds. The van der Waals surface area contributed by atoms with Crippen molar-refractivity contribution in [1.82, 2.24) is 10.6 Å². The van der Waals surface area contributed by atoms with E-state index in [0.717, 1.165) is 17.6 Å². The number of unbranched alkanes of at least 4 members (excludes halogenated alkanes) is 1. The SMILES string of the molecule is CCCCC(CC)CNC(=S)NC1CCCC1. The summed E-state index contributed by atoms with van der Waals surface area (Å²) < 4.78 is 0. The minimum Gasteiger partial charge on any atom is -0.362 e. The third-order valence-electron chi connectivity index (χ3n) is 3.78. The second kappa shape index (κ2) is 8.73. The van der Waals surface area contributed by atoms with Gasteiger partial charge in [0.25, 0.3) is 0 Å². The molecule has 0 aromatic carbocycles. The van der Waals surface area contributed by atoms with Crippen molar-refractivity contribution < 1.29 is 0 Å². The highest BCUT2D eigenvalue weighted by atomic mass is 32.1. The first kappa shape index (κ1) is 14.7. The fraction of sp³-hybridized carbons (Fsp3) is 0.929. The minimum atomic E-state index is 0.630. The molecule has 1 saturated carbocycles. The average Bonchev–Trinajstić information content (AvgIpc) is 2.82. The van der Waals surface area contributed by atoms with Gasteiger partial charge in [0.1, 0.15) is 0 Å². The van der Waals surface area contributed by atoms with Crippen LogP contribution >= 0.6 is 12.2 Å².